The number of amides is 1. The van der Waals surface area contributed by atoms with Gasteiger partial charge in [-0.25, -0.2) is 4.79 Å². The van der Waals surface area contributed by atoms with Gasteiger partial charge in [-0.15, -0.1) is 5.10 Å². The summed E-state index contributed by atoms with van der Waals surface area (Å²) in [6.07, 6.45) is 2.58. The first-order valence-electron chi connectivity index (χ1n) is 8.94. The molecule has 0 aromatic heterocycles. The summed E-state index contributed by atoms with van der Waals surface area (Å²) in [5, 5.41) is 11.4. The Morgan fingerprint density at radius 2 is 1.97 bits per heavy atom. The number of ether oxygens (including phenoxy) is 3. The van der Waals surface area contributed by atoms with Crippen molar-refractivity contribution in [3.63, 3.8) is 0 Å². The Kier molecular flexibility index (Phi) is 7.69. The number of carbonyl (C=O) groups excluding carboxylic acids is 2. The van der Waals surface area contributed by atoms with E-state index in [0.29, 0.717) is 28.7 Å². The van der Waals surface area contributed by atoms with Crippen LogP contribution in [0.4, 0.5) is 0 Å². The van der Waals surface area contributed by atoms with Crippen LogP contribution in [0.15, 0.2) is 63.6 Å². The molecule has 1 heterocycles. The molecule has 2 aromatic carbocycles. The molecule has 1 N–H and O–H groups in total. The monoisotopic (exact) mass is 459 g/mol. The van der Waals surface area contributed by atoms with Crippen molar-refractivity contribution in [1.29, 1.82) is 0 Å². The average Bonchev–Trinajstić information content (AvgIpc) is 3.12. The molecule has 0 saturated carbocycles. The van der Waals surface area contributed by atoms with Crippen LogP contribution in [0.5, 0.6) is 11.5 Å². The van der Waals surface area contributed by atoms with Gasteiger partial charge in [-0.2, -0.15) is 5.10 Å². The van der Waals surface area contributed by atoms with Crippen molar-refractivity contribution >= 4 is 46.6 Å². The van der Waals surface area contributed by atoms with E-state index >= 15 is 0 Å². The molecule has 160 valence electrons. The normalized spacial score (nSPS) is 16.0. The maximum Gasteiger partial charge on any atom is 0.331 e. The van der Waals surface area contributed by atoms with Crippen LogP contribution in [-0.2, 0) is 20.9 Å². The second-order valence-corrected chi connectivity index (χ2v) is 7.50. The largest absolute Gasteiger partial charge is 0.493 e. The molecule has 1 fully saturated rings. The fourth-order valence-corrected chi connectivity index (χ4v) is 3.34. The maximum absolute atomic E-state index is 11.9. The molecule has 0 unspecified atom stereocenters. The molecule has 0 atom stereocenters. The van der Waals surface area contributed by atoms with Gasteiger partial charge in [0.1, 0.15) is 6.61 Å². The van der Waals surface area contributed by atoms with Crippen molar-refractivity contribution in [2.24, 2.45) is 10.2 Å². The van der Waals surface area contributed by atoms with Gasteiger partial charge in [0.2, 0.25) is 0 Å². The second-order valence-electron chi connectivity index (χ2n) is 6.03. The lowest BCUT2D eigenvalue weighted by Crippen LogP contribution is -2.19. The molecule has 1 amide bonds. The number of hydrogen-bond acceptors (Lipinski definition) is 8. The Morgan fingerprint density at radius 1 is 1.19 bits per heavy atom. The number of thioether (sulfide) groups is 1. The zero-order chi connectivity index (χ0) is 22.2. The van der Waals surface area contributed by atoms with Crippen LogP contribution in [0, 0.1) is 0 Å². The molecule has 2 aromatic rings. The highest BCUT2D eigenvalue weighted by atomic mass is 35.5. The number of hydrogen-bond donors (Lipinski definition) is 1. The lowest BCUT2D eigenvalue weighted by atomic mass is 10.2. The third-order valence-electron chi connectivity index (χ3n) is 3.97. The van der Waals surface area contributed by atoms with E-state index in [4.69, 9.17) is 21.1 Å². The zero-order valence-corrected chi connectivity index (χ0v) is 18.2. The van der Waals surface area contributed by atoms with E-state index in [-0.39, 0.29) is 10.1 Å². The highest BCUT2D eigenvalue weighted by molar-refractivity contribution is 8.18. The van der Waals surface area contributed by atoms with Gasteiger partial charge in [0.05, 0.1) is 25.3 Å². The van der Waals surface area contributed by atoms with E-state index in [0.717, 1.165) is 23.4 Å². The van der Waals surface area contributed by atoms with Crippen LogP contribution < -0.4 is 14.8 Å². The van der Waals surface area contributed by atoms with Crippen molar-refractivity contribution < 1.29 is 23.8 Å². The van der Waals surface area contributed by atoms with Gasteiger partial charge in [-0.3, -0.25) is 10.1 Å². The number of halogens is 1. The molecule has 3 rings (SSSR count). The minimum absolute atomic E-state index is 0.175. The van der Waals surface area contributed by atoms with E-state index in [1.165, 1.54) is 13.3 Å². The molecular formula is C21H18ClN3O5S. The smallest absolute Gasteiger partial charge is 0.331 e. The van der Waals surface area contributed by atoms with Gasteiger partial charge in [0.25, 0.3) is 5.91 Å². The van der Waals surface area contributed by atoms with Gasteiger partial charge in [-0.05, 0) is 41.6 Å². The number of nitrogens with one attached hydrogen (secondary N) is 1. The Hall–Kier alpha value is -3.30. The Morgan fingerprint density at radius 3 is 2.68 bits per heavy atom. The zero-order valence-electron chi connectivity index (χ0n) is 16.6. The average molecular weight is 460 g/mol. The van der Waals surface area contributed by atoms with Crippen molar-refractivity contribution in [3.8, 4) is 11.5 Å². The van der Waals surface area contributed by atoms with E-state index in [9.17, 15) is 9.59 Å². The fraction of sp³-hybridized carbons (Fsp3) is 0.143. The summed E-state index contributed by atoms with van der Waals surface area (Å²) in [4.78, 5) is 23.3. The van der Waals surface area contributed by atoms with E-state index in [1.54, 1.807) is 37.4 Å². The third-order valence-corrected chi connectivity index (χ3v) is 5.12. The van der Waals surface area contributed by atoms with E-state index in [2.05, 4.69) is 20.3 Å². The minimum atomic E-state index is -0.624. The van der Waals surface area contributed by atoms with Gasteiger partial charge in [-0.1, -0.05) is 29.8 Å². The predicted molar refractivity (Wildman–Crippen MR) is 120 cm³/mol. The van der Waals surface area contributed by atoms with Gasteiger partial charge in [0, 0.05) is 16.7 Å². The Bertz CT molecular complexity index is 1070. The number of nitrogens with zero attached hydrogens (tertiary/aromatic N) is 2. The van der Waals surface area contributed by atoms with Crippen molar-refractivity contribution in [2.75, 3.05) is 14.2 Å². The molecule has 31 heavy (non-hydrogen) atoms. The molecule has 1 aliphatic rings. The highest BCUT2D eigenvalue weighted by Crippen LogP contribution is 2.31. The van der Waals surface area contributed by atoms with E-state index in [1.807, 2.05) is 12.1 Å². The van der Waals surface area contributed by atoms with Crippen LogP contribution in [-0.4, -0.2) is 37.5 Å². The van der Waals surface area contributed by atoms with Gasteiger partial charge < -0.3 is 14.2 Å². The second kappa shape index (κ2) is 10.6. The number of esters is 1. The molecule has 1 aliphatic heterocycles. The summed E-state index contributed by atoms with van der Waals surface area (Å²) < 4.78 is 15.9. The number of benzene rings is 2. The highest BCUT2D eigenvalue weighted by Gasteiger charge is 2.25. The van der Waals surface area contributed by atoms with Crippen LogP contribution in [0.2, 0.25) is 5.02 Å². The summed E-state index contributed by atoms with van der Waals surface area (Å²) in [5.41, 5.74) is 1.57. The summed E-state index contributed by atoms with van der Waals surface area (Å²) in [6, 6.07) is 12.7. The van der Waals surface area contributed by atoms with Crippen molar-refractivity contribution in [3.05, 3.63) is 69.6 Å². The summed E-state index contributed by atoms with van der Waals surface area (Å²) in [6.45, 7) is 0.306. The standard InChI is InChI=1S/C21H18ClN3O5S/c1-28-16-5-3-4-14(19(16)30-12-13-6-8-15(22)9-7-13)11-23-25-21-24-20(27)17(31-21)10-18(26)29-2/h3-11H,12H2,1-2H3,(H,24,25,27)/b17-10+,23-11?. The first kappa shape index (κ1) is 22.4. The fourth-order valence-electron chi connectivity index (χ4n) is 2.47. The molecular weight excluding hydrogens is 442 g/mol. The van der Waals surface area contributed by atoms with Gasteiger partial charge >= 0.3 is 5.97 Å². The molecule has 0 spiro atoms. The van der Waals surface area contributed by atoms with Crippen LogP contribution in [0.25, 0.3) is 0 Å². The van der Waals surface area contributed by atoms with Crippen molar-refractivity contribution in [2.45, 2.75) is 6.61 Å². The SMILES string of the molecule is COC(=O)/C=C1/S/C(=N\N=Cc2cccc(OC)c2OCc2ccc(Cl)cc2)NC1=O. The lowest BCUT2D eigenvalue weighted by molar-refractivity contribution is -0.135. The first-order chi connectivity index (χ1) is 15.0. The van der Waals surface area contributed by atoms with Crippen LogP contribution >= 0.6 is 23.4 Å². The Labute approximate surface area is 187 Å². The summed E-state index contributed by atoms with van der Waals surface area (Å²) in [7, 11) is 2.78. The van der Waals surface area contributed by atoms with Crippen molar-refractivity contribution in [1.82, 2.24) is 5.32 Å². The maximum atomic E-state index is 11.9. The van der Waals surface area contributed by atoms with Crippen LogP contribution in [0.1, 0.15) is 11.1 Å². The van der Waals surface area contributed by atoms with E-state index < -0.39 is 11.9 Å². The number of amidine groups is 1. The summed E-state index contributed by atoms with van der Waals surface area (Å²) >= 11 is 6.91. The third kappa shape index (κ3) is 6.09. The quantitative estimate of drug-likeness (QED) is 0.294. The molecule has 10 heteroatoms. The number of rotatable bonds is 7. The molecule has 0 aliphatic carbocycles. The number of methoxy groups -OCH3 is 2. The molecule has 0 bridgehead atoms. The molecule has 8 nitrogen and oxygen atoms in total. The minimum Gasteiger partial charge on any atom is -0.493 e. The topological polar surface area (TPSA) is 98.6 Å². The number of para-hydroxylation sites is 1. The predicted octanol–water partition coefficient (Wildman–Crippen LogP) is 3.54. The molecule has 1 saturated heterocycles. The number of carbonyl (C=O) groups is 2. The van der Waals surface area contributed by atoms with Crippen LogP contribution in [0.3, 0.4) is 0 Å². The lowest BCUT2D eigenvalue weighted by Gasteiger charge is -2.13. The van der Waals surface area contributed by atoms with Gasteiger partial charge in [0.15, 0.2) is 16.7 Å². The molecule has 0 radical (unpaired) electrons. The first-order valence-corrected chi connectivity index (χ1v) is 10.1. The Balaban J connectivity index is 1.75. The summed E-state index contributed by atoms with van der Waals surface area (Å²) in [5.74, 6) is -0.0327.